The second-order valence-corrected chi connectivity index (χ2v) is 2.83. The fourth-order valence-corrected chi connectivity index (χ4v) is 0.981. The zero-order valence-corrected chi connectivity index (χ0v) is 7.88. The topological polar surface area (TPSA) is 43.4 Å². The number of hydrogen-bond acceptors (Lipinski definition) is 3. The monoisotopic (exact) mass is 196 g/mol. The molecule has 1 rings (SSSR count). The van der Waals surface area contributed by atoms with Crippen molar-refractivity contribution in [3.63, 3.8) is 0 Å². The van der Waals surface area contributed by atoms with Crippen molar-refractivity contribution >= 4 is 23.7 Å². The molecule has 4 heteroatoms. The van der Waals surface area contributed by atoms with Crippen LogP contribution in [0.3, 0.4) is 0 Å². The number of carbonyl (C=O) groups excluding carboxylic acids is 2. The van der Waals surface area contributed by atoms with Crippen LogP contribution in [0.25, 0.3) is 0 Å². The van der Waals surface area contributed by atoms with Gasteiger partial charge in [-0.25, -0.2) is 0 Å². The predicted molar refractivity (Wildman–Crippen MR) is 51.1 cm³/mol. The average Bonchev–Trinajstić information content (AvgIpc) is 2.04. The van der Waals surface area contributed by atoms with Gasteiger partial charge in [-0.3, -0.25) is 9.59 Å². The summed E-state index contributed by atoms with van der Waals surface area (Å²) in [5, 5.41) is -0.311. The number of rotatable bonds is 2. The van der Waals surface area contributed by atoms with Gasteiger partial charge in [-0.1, -0.05) is 0 Å². The van der Waals surface area contributed by atoms with Gasteiger partial charge in [-0.05, 0) is 24.3 Å². The maximum Gasteiger partial charge on any atom is 0.308 e. The van der Waals surface area contributed by atoms with E-state index in [4.69, 9.17) is 4.74 Å². The van der Waals surface area contributed by atoms with E-state index in [-0.39, 0.29) is 11.1 Å². The first-order valence-corrected chi connectivity index (χ1v) is 4.06. The zero-order chi connectivity index (χ0) is 9.84. The van der Waals surface area contributed by atoms with Crippen LogP contribution in [-0.2, 0) is 4.79 Å². The molecule has 0 aliphatic heterocycles. The van der Waals surface area contributed by atoms with Crippen molar-refractivity contribution in [2.75, 3.05) is 0 Å². The Morgan fingerprint density at radius 3 is 2.15 bits per heavy atom. The summed E-state index contributed by atoms with van der Waals surface area (Å²) in [6, 6.07) is 6.19. The second kappa shape index (κ2) is 4.09. The summed E-state index contributed by atoms with van der Waals surface area (Å²) in [6.45, 7) is 1.32. The van der Waals surface area contributed by atoms with Gasteiger partial charge >= 0.3 is 5.97 Å². The average molecular weight is 196 g/mol. The Bertz CT molecular complexity index is 329. The van der Waals surface area contributed by atoms with E-state index in [2.05, 4.69) is 12.6 Å². The molecule has 0 radical (unpaired) electrons. The molecule has 0 amide bonds. The van der Waals surface area contributed by atoms with Crippen molar-refractivity contribution in [1.29, 1.82) is 0 Å². The third-order valence-corrected chi connectivity index (χ3v) is 1.62. The highest BCUT2D eigenvalue weighted by Gasteiger charge is 2.01. The summed E-state index contributed by atoms with van der Waals surface area (Å²) in [7, 11) is 0. The molecule has 3 nitrogen and oxygen atoms in total. The number of thiol groups is 1. The van der Waals surface area contributed by atoms with Crippen LogP contribution < -0.4 is 4.74 Å². The standard InChI is InChI=1S/C9H8O3S/c1-6(10)12-8-4-2-7(3-5-8)9(11)13/h2-5H,1H3,(H,11,13). The summed E-state index contributed by atoms with van der Waals surface area (Å²) in [5.41, 5.74) is 0.472. The Hall–Kier alpha value is -1.29. The number of ether oxygens (including phenoxy) is 1. The third-order valence-electron chi connectivity index (χ3n) is 1.36. The van der Waals surface area contributed by atoms with Crippen molar-refractivity contribution in [3.8, 4) is 5.75 Å². The Morgan fingerprint density at radius 1 is 1.23 bits per heavy atom. The Balaban J connectivity index is 2.81. The summed E-state index contributed by atoms with van der Waals surface area (Å²) >= 11 is 3.65. The molecule has 0 fully saturated rings. The molecule has 1 aromatic rings. The van der Waals surface area contributed by atoms with Crippen LogP contribution in [0.15, 0.2) is 24.3 Å². The Kier molecular flexibility index (Phi) is 3.08. The highest BCUT2D eigenvalue weighted by Crippen LogP contribution is 2.13. The zero-order valence-electron chi connectivity index (χ0n) is 6.98. The molecule has 68 valence electrons. The van der Waals surface area contributed by atoms with Crippen LogP contribution in [0.5, 0.6) is 5.75 Å². The fraction of sp³-hybridized carbons (Fsp3) is 0.111. The molecule has 0 N–H and O–H groups in total. The van der Waals surface area contributed by atoms with E-state index in [1.54, 1.807) is 24.3 Å². The smallest absolute Gasteiger partial charge is 0.308 e. The quantitative estimate of drug-likeness (QED) is 0.444. The van der Waals surface area contributed by atoms with Gasteiger partial charge in [0.25, 0.3) is 0 Å². The van der Waals surface area contributed by atoms with Gasteiger partial charge in [0.2, 0.25) is 5.12 Å². The minimum Gasteiger partial charge on any atom is -0.427 e. The minimum absolute atomic E-state index is 0.311. The van der Waals surface area contributed by atoms with Crippen LogP contribution in [-0.4, -0.2) is 11.1 Å². The lowest BCUT2D eigenvalue weighted by atomic mass is 10.2. The molecule has 0 atom stereocenters. The number of benzene rings is 1. The van der Waals surface area contributed by atoms with Crippen molar-refractivity contribution in [3.05, 3.63) is 29.8 Å². The SMILES string of the molecule is CC(=O)Oc1ccc(C(=O)S)cc1. The molecule has 13 heavy (non-hydrogen) atoms. The van der Waals surface area contributed by atoms with E-state index < -0.39 is 0 Å². The van der Waals surface area contributed by atoms with E-state index in [0.717, 1.165) is 0 Å². The maximum atomic E-state index is 10.7. The summed E-state index contributed by atoms with van der Waals surface area (Å²) in [4.78, 5) is 21.3. The first-order chi connectivity index (χ1) is 6.09. The van der Waals surface area contributed by atoms with Crippen LogP contribution in [0.4, 0.5) is 0 Å². The molecule has 0 unspecified atom stereocenters. The molecular formula is C9H8O3S. The Morgan fingerprint density at radius 2 is 1.77 bits per heavy atom. The van der Waals surface area contributed by atoms with Gasteiger partial charge in [0, 0.05) is 12.5 Å². The molecule has 0 aliphatic carbocycles. The highest BCUT2D eigenvalue weighted by molar-refractivity contribution is 7.97. The summed E-state index contributed by atoms with van der Waals surface area (Å²) < 4.78 is 4.77. The lowest BCUT2D eigenvalue weighted by molar-refractivity contribution is -0.131. The number of esters is 1. The first kappa shape index (κ1) is 9.80. The fourth-order valence-electron chi connectivity index (χ4n) is 0.832. The van der Waals surface area contributed by atoms with Gasteiger partial charge in [-0.15, -0.1) is 12.6 Å². The molecule has 0 aromatic heterocycles. The van der Waals surface area contributed by atoms with E-state index in [1.165, 1.54) is 6.92 Å². The summed E-state index contributed by atoms with van der Waals surface area (Å²) in [6.07, 6.45) is 0. The van der Waals surface area contributed by atoms with E-state index >= 15 is 0 Å². The molecule has 0 heterocycles. The highest BCUT2D eigenvalue weighted by atomic mass is 32.1. The molecule has 0 bridgehead atoms. The van der Waals surface area contributed by atoms with Crippen LogP contribution in [0.1, 0.15) is 17.3 Å². The lowest BCUT2D eigenvalue weighted by Crippen LogP contribution is -2.01. The van der Waals surface area contributed by atoms with Crippen molar-refractivity contribution in [2.45, 2.75) is 6.92 Å². The lowest BCUT2D eigenvalue weighted by Gasteiger charge is -2.00. The van der Waals surface area contributed by atoms with E-state index in [0.29, 0.717) is 11.3 Å². The van der Waals surface area contributed by atoms with Crippen molar-refractivity contribution in [2.24, 2.45) is 0 Å². The van der Waals surface area contributed by atoms with Crippen molar-refractivity contribution in [1.82, 2.24) is 0 Å². The second-order valence-electron chi connectivity index (χ2n) is 2.42. The Labute approximate surface area is 81.1 Å². The molecule has 0 saturated carbocycles. The number of carbonyl (C=O) groups is 2. The molecule has 0 saturated heterocycles. The van der Waals surface area contributed by atoms with Crippen LogP contribution >= 0.6 is 12.6 Å². The largest absolute Gasteiger partial charge is 0.427 e. The van der Waals surface area contributed by atoms with E-state index in [9.17, 15) is 9.59 Å². The summed E-state index contributed by atoms with van der Waals surface area (Å²) in [5.74, 6) is 0.0378. The van der Waals surface area contributed by atoms with Gasteiger partial charge in [0.05, 0.1) is 0 Å². The van der Waals surface area contributed by atoms with Gasteiger partial charge in [0.15, 0.2) is 0 Å². The molecule has 0 spiro atoms. The third kappa shape index (κ3) is 2.91. The van der Waals surface area contributed by atoms with Gasteiger partial charge in [0.1, 0.15) is 5.75 Å². The van der Waals surface area contributed by atoms with Gasteiger partial charge in [-0.2, -0.15) is 0 Å². The normalized spacial score (nSPS) is 9.38. The van der Waals surface area contributed by atoms with Crippen LogP contribution in [0, 0.1) is 0 Å². The first-order valence-electron chi connectivity index (χ1n) is 3.61. The van der Waals surface area contributed by atoms with Crippen LogP contribution in [0.2, 0.25) is 0 Å². The number of hydrogen-bond donors (Lipinski definition) is 1. The van der Waals surface area contributed by atoms with Crippen molar-refractivity contribution < 1.29 is 14.3 Å². The maximum absolute atomic E-state index is 10.7. The predicted octanol–water partition coefficient (Wildman–Crippen LogP) is 1.68. The van der Waals surface area contributed by atoms with E-state index in [1.807, 2.05) is 0 Å². The minimum atomic E-state index is -0.384. The molecule has 1 aromatic carbocycles. The molecule has 0 aliphatic rings. The molecular weight excluding hydrogens is 188 g/mol. The van der Waals surface area contributed by atoms with Gasteiger partial charge < -0.3 is 4.74 Å².